The van der Waals surface area contributed by atoms with Crippen molar-refractivity contribution >= 4 is 0 Å². The van der Waals surface area contributed by atoms with E-state index in [1.165, 1.54) is 0 Å². The number of rotatable bonds is 6. The van der Waals surface area contributed by atoms with Crippen LogP contribution in [0.1, 0.15) is 22.3 Å². The molecule has 0 aliphatic rings. The van der Waals surface area contributed by atoms with Gasteiger partial charge in [0.1, 0.15) is 11.5 Å². The van der Waals surface area contributed by atoms with Crippen molar-refractivity contribution in [3.05, 3.63) is 130 Å². The lowest BCUT2D eigenvalue weighted by Crippen LogP contribution is -2.06. The molecule has 0 aliphatic carbocycles. The maximum absolute atomic E-state index is 14.7. The first-order valence-electron chi connectivity index (χ1n) is 9.93. The van der Waals surface area contributed by atoms with Crippen molar-refractivity contribution in [2.24, 2.45) is 0 Å². The third-order valence-corrected chi connectivity index (χ3v) is 5.11. The minimum absolute atomic E-state index is 0.181. The first-order chi connectivity index (χ1) is 15.8. The van der Waals surface area contributed by atoms with Gasteiger partial charge in [-0.05, 0) is 11.1 Å². The monoisotopic (exact) mass is 458 g/mol. The van der Waals surface area contributed by atoms with Gasteiger partial charge in [0, 0.05) is 36.1 Å². The van der Waals surface area contributed by atoms with Gasteiger partial charge >= 0.3 is 0 Å². The zero-order valence-electron chi connectivity index (χ0n) is 17.0. The maximum atomic E-state index is 14.7. The molecule has 0 spiro atoms. The van der Waals surface area contributed by atoms with Gasteiger partial charge in [0.15, 0.2) is 34.9 Å². The summed E-state index contributed by atoms with van der Waals surface area (Å²) >= 11 is 0. The quantitative estimate of drug-likeness (QED) is 0.215. The van der Waals surface area contributed by atoms with E-state index in [0.29, 0.717) is 23.3 Å². The predicted octanol–water partition coefficient (Wildman–Crippen LogP) is 7.50. The molecular weight excluding hydrogens is 442 g/mol. The Balaban J connectivity index is 1.82. The SMILES string of the molecule is Fc1cc(Oc2cc(F)c(F)c(F)c2Cc2ccccc2)c(Cc2ccccc2)c(F)c1F. The van der Waals surface area contributed by atoms with Crippen LogP contribution < -0.4 is 4.74 Å². The highest BCUT2D eigenvalue weighted by Crippen LogP contribution is 2.36. The summed E-state index contributed by atoms with van der Waals surface area (Å²) in [6.07, 6.45) is -0.362. The van der Waals surface area contributed by atoms with Gasteiger partial charge in [0.2, 0.25) is 0 Å². The fraction of sp³-hybridized carbons (Fsp3) is 0.0769. The number of hydrogen-bond donors (Lipinski definition) is 0. The average Bonchev–Trinajstić information content (AvgIpc) is 2.82. The number of hydrogen-bond acceptors (Lipinski definition) is 1. The van der Waals surface area contributed by atoms with Crippen molar-refractivity contribution in [1.82, 2.24) is 0 Å². The molecule has 33 heavy (non-hydrogen) atoms. The van der Waals surface area contributed by atoms with Crippen molar-refractivity contribution in [3.63, 3.8) is 0 Å². The van der Waals surface area contributed by atoms with E-state index in [1.54, 1.807) is 60.7 Å². The zero-order chi connectivity index (χ0) is 23.5. The van der Waals surface area contributed by atoms with Gasteiger partial charge in [-0.15, -0.1) is 0 Å². The molecule has 0 amide bonds. The van der Waals surface area contributed by atoms with E-state index in [9.17, 15) is 26.3 Å². The molecule has 0 heterocycles. The second kappa shape index (κ2) is 9.40. The predicted molar refractivity (Wildman–Crippen MR) is 111 cm³/mol. The highest BCUT2D eigenvalue weighted by molar-refractivity contribution is 5.46. The van der Waals surface area contributed by atoms with Crippen LogP contribution >= 0.6 is 0 Å². The Hall–Kier alpha value is -3.74. The molecule has 0 atom stereocenters. The van der Waals surface area contributed by atoms with Gasteiger partial charge in [-0.2, -0.15) is 0 Å². The molecule has 0 bridgehead atoms. The Labute approximate surface area is 185 Å². The first-order valence-corrected chi connectivity index (χ1v) is 9.93. The van der Waals surface area contributed by atoms with Crippen molar-refractivity contribution < 1.29 is 31.1 Å². The van der Waals surface area contributed by atoms with Crippen molar-refractivity contribution in [1.29, 1.82) is 0 Å². The summed E-state index contributed by atoms with van der Waals surface area (Å²) in [4.78, 5) is 0. The van der Waals surface area contributed by atoms with E-state index in [1.807, 2.05) is 0 Å². The molecule has 0 aromatic heterocycles. The fourth-order valence-corrected chi connectivity index (χ4v) is 3.45. The standard InChI is InChI=1S/C26H16F6O/c27-19-13-21(17(23(29)25(19)31)11-15-7-3-1-4-8-15)33-22-14-20(28)26(32)24(30)18(22)12-16-9-5-2-6-10-16/h1-10,13-14H,11-12H2. The minimum Gasteiger partial charge on any atom is -0.456 e. The molecule has 0 unspecified atom stereocenters. The van der Waals surface area contributed by atoms with E-state index < -0.39 is 46.4 Å². The van der Waals surface area contributed by atoms with Crippen LogP contribution in [0.4, 0.5) is 26.3 Å². The second-order valence-corrected chi connectivity index (χ2v) is 7.35. The lowest BCUT2D eigenvalue weighted by atomic mass is 10.0. The molecule has 168 valence electrons. The third kappa shape index (κ3) is 4.72. The van der Waals surface area contributed by atoms with Crippen LogP contribution in [0.15, 0.2) is 72.8 Å². The molecule has 0 fully saturated rings. The molecule has 4 rings (SSSR count). The van der Waals surface area contributed by atoms with E-state index in [4.69, 9.17) is 4.74 Å². The Morgan fingerprint density at radius 1 is 0.485 bits per heavy atom. The second-order valence-electron chi connectivity index (χ2n) is 7.35. The van der Waals surface area contributed by atoms with Gasteiger partial charge in [-0.1, -0.05) is 60.7 Å². The van der Waals surface area contributed by atoms with Crippen LogP contribution in [-0.4, -0.2) is 0 Å². The summed E-state index contributed by atoms with van der Waals surface area (Å²) < 4.78 is 90.9. The lowest BCUT2D eigenvalue weighted by molar-refractivity contribution is 0.398. The molecule has 7 heteroatoms. The highest BCUT2D eigenvalue weighted by Gasteiger charge is 2.24. The first kappa shape index (κ1) is 22.5. The fourth-order valence-electron chi connectivity index (χ4n) is 3.45. The van der Waals surface area contributed by atoms with Crippen LogP contribution in [-0.2, 0) is 12.8 Å². The Morgan fingerprint density at radius 3 is 1.21 bits per heavy atom. The van der Waals surface area contributed by atoms with Gasteiger partial charge in [-0.25, -0.2) is 26.3 Å². The maximum Gasteiger partial charge on any atom is 0.194 e. The minimum atomic E-state index is -1.70. The summed E-state index contributed by atoms with van der Waals surface area (Å²) in [7, 11) is 0. The summed E-state index contributed by atoms with van der Waals surface area (Å²) in [6.45, 7) is 0. The molecule has 0 N–H and O–H groups in total. The molecule has 4 aromatic carbocycles. The Kier molecular flexibility index (Phi) is 6.40. The number of halogens is 6. The van der Waals surface area contributed by atoms with Crippen molar-refractivity contribution in [3.8, 4) is 11.5 Å². The smallest absolute Gasteiger partial charge is 0.194 e. The van der Waals surface area contributed by atoms with Crippen LogP contribution in [0.3, 0.4) is 0 Å². The van der Waals surface area contributed by atoms with Crippen molar-refractivity contribution in [2.75, 3.05) is 0 Å². The summed E-state index contributed by atoms with van der Waals surface area (Å²) in [5.74, 6) is -10.4. The zero-order valence-corrected chi connectivity index (χ0v) is 17.0. The summed E-state index contributed by atoms with van der Waals surface area (Å²) in [6, 6.07) is 17.9. The summed E-state index contributed by atoms with van der Waals surface area (Å²) in [5.41, 5.74) is 0.424. The largest absolute Gasteiger partial charge is 0.456 e. The van der Waals surface area contributed by atoms with E-state index in [0.717, 1.165) is 0 Å². The van der Waals surface area contributed by atoms with Gasteiger partial charge in [0.05, 0.1) is 0 Å². The Morgan fingerprint density at radius 2 is 0.848 bits per heavy atom. The summed E-state index contributed by atoms with van der Waals surface area (Å²) in [5, 5.41) is 0. The van der Waals surface area contributed by atoms with Gasteiger partial charge in [0.25, 0.3) is 0 Å². The van der Waals surface area contributed by atoms with Gasteiger partial charge in [-0.3, -0.25) is 0 Å². The molecule has 0 radical (unpaired) electrons. The lowest BCUT2D eigenvalue weighted by Gasteiger charge is -2.17. The van der Waals surface area contributed by atoms with E-state index in [2.05, 4.69) is 0 Å². The highest BCUT2D eigenvalue weighted by atomic mass is 19.2. The topological polar surface area (TPSA) is 9.23 Å². The van der Waals surface area contributed by atoms with Gasteiger partial charge < -0.3 is 4.74 Å². The molecule has 0 saturated carbocycles. The third-order valence-electron chi connectivity index (χ3n) is 5.11. The van der Waals surface area contributed by atoms with E-state index in [-0.39, 0.29) is 24.0 Å². The number of ether oxygens (including phenoxy) is 1. The average molecular weight is 458 g/mol. The van der Waals surface area contributed by atoms with Crippen LogP contribution in [0.2, 0.25) is 0 Å². The molecule has 0 saturated heterocycles. The molecule has 0 aliphatic heterocycles. The van der Waals surface area contributed by atoms with Crippen LogP contribution in [0, 0.1) is 34.9 Å². The molecule has 4 aromatic rings. The molecular formula is C26H16F6O. The normalized spacial score (nSPS) is 11.0. The number of benzene rings is 4. The molecule has 1 nitrogen and oxygen atoms in total. The van der Waals surface area contributed by atoms with Crippen LogP contribution in [0.25, 0.3) is 0 Å². The van der Waals surface area contributed by atoms with Crippen molar-refractivity contribution in [2.45, 2.75) is 12.8 Å². The van der Waals surface area contributed by atoms with Crippen LogP contribution in [0.5, 0.6) is 11.5 Å². The van der Waals surface area contributed by atoms with E-state index >= 15 is 0 Å². The Bertz CT molecular complexity index is 1190.